The van der Waals surface area contributed by atoms with Gasteiger partial charge >= 0.3 is 0 Å². The number of phenolic OH excluding ortho intramolecular Hbond substituents is 1. The van der Waals surface area contributed by atoms with E-state index in [-0.39, 0.29) is 11.7 Å². The van der Waals surface area contributed by atoms with Crippen LogP contribution in [0, 0.1) is 0 Å². The van der Waals surface area contributed by atoms with Gasteiger partial charge in [0.25, 0.3) is 0 Å². The molecule has 4 rings (SSSR count). The number of anilines is 1. The Morgan fingerprint density at radius 1 is 1.00 bits per heavy atom. The Bertz CT molecular complexity index is 784. The Balaban J connectivity index is 1.29. The number of thioether (sulfide) groups is 1. The van der Waals surface area contributed by atoms with Crippen LogP contribution in [0.4, 0.5) is 5.69 Å². The third kappa shape index (κ3) is 4.21. The quantitative estimate of drug-likeness (QED) is 0.811. The SMILES string of the molecule is O=C(CSc1nnc2n1CCCCC2)N1CCN(c2ccc(O)cc2)CC1. The van der Waals surface area contributed by atoms with E-state index in [4.69, 9.17) is 0 Å². The lowest BCUT2D eigenvalue weighted by Crippen LogP contribution is -2.49. The maximum atomic E-state index is 12.6. The highest BCUT2D eigenvalue weighted by atomic mass is 32.2. The molecule has 1 fully saturated rings. The van der Waals surface area contributed by atoms with Crippen molar-refractivity contribution in [3.05, 3.63) is 30.1 Å². The Kier molecular flexibility index (Phi) is 5.52. The minimum Gasteiger partial charge on any atom is -0.508 e. The van der Waals surface area contributed by atoms with Gasteiger partial charge in [-0.05, 0) is 37.1 Å². The van der Waals surface area contributed by atoms with E-state index in [9.17, 15) is 9.90 Å². The highest BCUT2D eigenvalue weighted by molar-refractivity contribution is 7.99. The third-order valence-electron chi connectivity index (χ3n) is 5.25. The van der Waals surface area contributed by atoms with E-state index in [0.29, 0.717) is 5.75 Å². The zero-order valence-electron chi connectivity index (χ0n) is 15.4. The average Bonchev–Trinajstić information content (AvgIpc) is 2.93. The number of fused-ring (bicyclic) bond motifs is 1. The molecular formula is C19H25N5O2S. The lowest BCUT2D eigenvalue weighted by molar-refractivity contribution is -0.128. The molecule has 1 N–H and O–H groups in total. The molecule has 2 aliphatic heterocycles. The molecule has 0 spiro atoms. The molecule has 0 unspecified atom stereocenters. The second-order valence-corrected chi connectivity index (χ2v) is 7.98. The summed E-state index contributed by atoms with van der Waals surface area (Å²) < 4.78 is 2.19. The molecule has 0 atom stereocenters. The Labute approximate surface area is 163 Å². The van der Waals surface area contributed by atoms with Crippen LogP contribution in [-0.2, 0) is 17.8 Å². The number of nitrogens with zero attached hydrogens (tertiary/aromatic N) is 5. The van der Waals surface area contributed by atoms with E-state index in [0.717, 1.165) is 62.2 Å². The van der Waals surface area contributed by atoms with Crippen molar-refractivity contribution in [1.82, 2.24) is 19.7 Å². The maximum absolute atomic E-state index is 12.6. The number of aromatic nitrogens is 3. The van der Waals surface area contributed by atoms with Gasteiger partial charge < -0.3 is 19.5 Å². The molecule has 0 saturated carbocycles. The molecule has 0 bridgehead atoms. The van der Waals surface area contributed by atoms with Gasteiger partial charge in [0.15, 0.2) is 5.16 Å². The van der Waals surface area contributed by atoms with E-state index in [1.165, 1.54) is 24.6 Å². The van der Waals surface area contributed by atoms with E-state index >= 15 is 0 Å². The highest BCUT2D eigenvalue weighted by Gasteiger charge is 2.22. The Morgan fingerprint density at radius 2 is 1.78 bits per heavy atom. The molecule has 8 heteroatoms. The molecule has 0 radical (unpaired) electrons. The minimum atomic E-state index is 0.163. The van der Waals surface area contributed by atoms with Crippen LogP contribution < -0.4 is 4.90 Å². The summed E-state index contributed by atoms with van der Waals surface area (Å²) in [4.78, 5) is 16.8. The smallest absolute Gasteiger partial charge is 0.233 e. The molecule has 144 valence electrons. The Hall–Kier alpha value is -2.22. The lowest BCUT2D eigenvalue weighted by Gasteiger charge is -2.36. The van der Waals surface area contributed by atoms with Crippen molar-refractivity contribution in [2.45, 2.75) is 37.4 Å². The topological polar surface area (TPSA) is 74.5 Å². The Morgan fingerprint density at radius 3 is 2.56 bits per heavy atom. The molecule has 2 aliphatic rings. The summed E-state index contributed by atoms with van der Waals surface area (Å²) in [5.74, 6) is 1.91. The van der Waals surface area contributed by atoms with Crippen LogP contribution in [0.2, 0.25) is 0 Å². The van der Waals surface area contributed by atoms with Crippen molar-refractivity contribution in [3.8, 4) is 5.75 Å². The second kappa shape index (κ2) is 8.21. The summed E-state index contributed by atoms with van der Waals surface area (Å²) in [5, 5.41) is 18.9. The number of phenols is 1. The fourth-order valence-electron chi connectivity index (χ4n) is 3.66. The van der Waals surface area contributed by atoms with E-state index in [1.807, 2.05) is 17.0 Å². The minimum absolute atomic E-state index is 0.163. The summed E-state index contributed by atoms with van der Waals surface area (Å²) in [5.41, 5.74) is 1.08. The number of rotatable bonds is 4. The molecule has 1 aromatic heterocycles. The van der Waals surface area contributed by atoms with Crippen LogP contribution in [0.15, 0.2) is 29.4 Å². The molecule has 7 nitrogen and oxygen atoms in total. The predicted octanol–water partition coefficient (Wildman–Crippen LogP) is 2.15. The van der Waals surface area contributed by atoms with Gasteiger partial charge in [0.2, 0.25) is 5.91 Å². The monoisotopic (exact) mass is 387 g/mol. The first-order valence-electron chi connectivity index (χ1n) is 9.57. The molecule has 1 aromatic carbocycles. The zero-order valence-corrected chi connectivity index (χ0v) is 16.2. The van der Waals surface area contributed by atoms with Crippen LogP contribution in [0.1, 0.15) is 25.1 Å². The van der Waals surface area contributed by atoms with Crippen molar-refractivity contribution < 1.29 is 9.90 Å². The highest BCUT2D eigenvalue weighted by Crippen LogP contribution is 2.23. The summed E-state index contributed by atoms with van der Waals surface area (Å²) >= 11 is 1.51. The van der Waals surface area contributed by atoms with E-state index in [1.54, 1.807) is 12.1 Å². The number of carbonyl (C=O) groups excluding carboxylic acids is 1. The zero-order chi connectivity index (χ0) is 18.6. The number of aryl methyl sites for hydroxylation is 1. The van der Waals surface area contributed by atoms with Gasteiger partial charge in [-0.1, -0.05) is 18.2 Å². The van der Waals surface area contributed by atoms with Crippen LogP contribution in [-0.4, -0.2) is 62.6 Å². The summed E-state index contributed by atoms with van der Waals surface area (Å²) in [6.45, 7) is 4.02. The molecule has 1 saturated heterocycles. The van der Waals surface area contributed by atoms with Crippen molar-refractivity contribution >= 4 is 23.4 Å². The fourth-order valence-corrected chi connectivity index (χ4v) is 4.55. The summed E-state index contributed by atoms with van der Waals surface area (Å²) in [7, 11) is 0. The average molecular weight is 388 g/mol. The van der Waals surface area contributed by atoms with E-state index < -0.39 is 0 Å². The van der Waals surface area contributed by atoms with Crippen molar-refractivity contribution in [3.63, 3.8) is 0 Å². The van der Waals surface area contributed by atoms with Crippen molar-refractivity contribution in [1.29, 1.82) is 0 Å². The third-order valence-corrected chi connectivity index (χ3v) is 6.20. The van der Waals surface area contributed by atoms with Gasteiger partial charge in [0, 0.05) is 44.8 Å². The number of hydrogen-bond acceptors (Lipinski definition) is 6. The van der Waals surface area contributed by atoms with Gasteiger partial charge in [-0.25, -0.2) is 0 Å². The molecule has 2 aromatic rings. The van der Waals surface area contributed by atoms with Gasteiger partial charge in [0.1, 0.15) is 11.6 Å². The van der Waals surface area contributed by atoms with Crippen LogP contribution in [0.3, 0.4) is 0 Å². The largest absolute Gasteiger partial charge is 0.508 e. The van der Waals surface area contributed by atoms with E-state index in [2.05, 4.69) is 19.7 Å². The molecule has 0 aliphatic carbocycles. The number of benzene rings is 1. The summed E-state index contributed by atoms with van der Waals surface area (Å²) in [6, 6.07) is 7.23. The number of piperazine rings is 1. The number of amides is 1. The predicted molar refractivity (Wildman–Crippen MR) is 105 cm³/mol. The van der Waals surface area contributed by atoms with Gasteiger partial charge in [-0.3, -0.25) is 4.79 Å². The van der Waals surface area contributed by atoms with Crippen LogP contribution >= 0.6 is 11.8 Å². The van der Waals surface area contributed by atoms with Gasteiger partial charge in [-0.2, -0.15) is 0 Å². The first-order valence-corrected chi connectivity index (χ1v) is 10.6. The first kappa shape index (κ1) is 18.2. The lowest BCUT2D eigenvalue weighted by atomic mass is 10.2. The van der Waals surface area contributed by atoms with Crippen molar-refractivity contribution in [2.24, 2.45) is 0 Å². The summed E-state index contributed by atoms with van der Waals surface area (Å²) in [6.07, 6.45) is 4.55. The number of aromatic hydroxyl groups is 1. The molecule has 1 amide bonds. The second-order valence-electron chi connectivity index (χ2n) is 7.03. The number of carbonyl (C=O) groups is 1. The van der Waals surface area contributed by atoms with Gasteiger partial charge in [-0.15, -0.1) is 10.2 Å². The van der Waals surface area contributed by atoms with Crippen LogP contribution in [0.5, 0.6) is 5.75 Å². The maximum Gasteiger partial charge on any atom is 0.233 e. The molecule has 27 heavy (non-hydrogen) atoms. The molecule has 3 heterocycles. The standard InChI is InChI=1S/C19H25N5O2S/c25-16-7-5-15(6-8-16)22-10-12-23(13-11-22)18(26)14-27-19-21-20-17-4-2-1-3-9-24(17)19/h5-8,25H,1-4,9-14H2. The first-order chi connectivity index (χ1) is 13.2. The number of hydrogen-bond donors (Lipinski definition) is 1. The van der Waals surface area contributed by atoms with Gasteiger partial charge in [0.05, 0.1) is 5.75 Å². The van der Waals surface area contributed by atoms with Crippen LogP contribution in [0.25, 0.3) is 0 Å². The molecular weight excluding hydrogens is 362 g/mol. The normalized spacial score (nSPS) is 17.5. The van der Waals surface area contributed by atoms with Crippen molar-refractivity contribution in [2.75, 3.05) is 36.8 Å². The fraction of sp³-hybridized carbons (Fsp3) is 0.526.